The summed E-state index contributed by atoms with van der Waals surface area (Å²) in [5.41, 5.74) is 1.28. The van der Waals surface area contributed by atoms with Gasteiger partial charge in [0.05, 0.1) is 0 Å². The van der Waals surface area contributed by atoms with Gasteiger partial charge >= 0.3 is 0 Å². The molecule has 2 fully saturated rings. The zero-order valence-electron chi connectivity index (χ0n) is 19.1. The third-order valence-electron chi connectivity index (χ3n) is 7.11. The molecule has 0 radical (unpaired) electrons. The van der Waals surface area contributed by atoms with Gasteiger partial charge in [0.15, 0.2) is 17.5 Å². The first kappa shape index (κ1) is 22.2. The van der Waals surface area contributed by atoms with Crippen LogP contribution in [0.1, 0.15) is 51.0 Å². The maximum absolute atomic E-state index is 5.68. The molecule has 1 aromatic carbocycles. The molecule has 1 aromatic rings. The summed E-state index contributed by atoms with van der Waals surface area (Å²) >= 11 is 0. The van der Waals surface area contributed by atoms with Crippen LogP contribution < -0.4 is 20.1 Å². The van der Waals surface area contributed by atoms with E-state index in [0.717, 1.165) is 75.6 Å². The zero-order valence-corrected chi connectivity index (χ0v) is 19.1. The molecule has 172 valence electrons. The predicted molar refractivity (Wildman–Crippen MR) is 123 cm³/mol. The third kappa shape index (κ3) is 5.44. The highest BCUT2D eigenvalue weighted by Gasteiger charge is 2.36. The molecule has 2 N–H and O–H groups in total. The number of piperidine rings is 1. The van der Waals surface area contributed by atoms with Crippen molar-refractivity contribution in [1.82, 2.24) is 15.5 Å². The van der Waals surface area contributed by atoms with E-state index in [2.05, 4.69) is 39.6 Å². The number of nitrogens with zero attached hydrogens (tertiary/aromatic N) is 2. The molecule has 0 bridgehead atoms. The van der Waals surface area contributed by atoms with Gasteiger partial charge in [0, 0.05) is 51.4 Å². The molecule has 7 heteroatoms. The quantitative estimate of drug-likeness (QED) is 0.394. The molecular weight excluding hydrogens is 392 g/mol. The highest BCUT2D eigenvalue weighted by Crippen LogP contribution is 2.40. The van der Waals surface area contributed by atoms with Gasteiger partial charge in [0.25, 0.3) is 0 Å². The molecule has 7 nitrogen and oxygen atoms in total. The predicted octanol–water partition coefficient (Wildman–Crippen LogP) is 2.89. The summed E-state index contributed by atoms with van der Waals surface area (Å²) in [4.78, 5) is 7.08. The van der Waals surface area contributed by atoms with E-state index in [0.29, 0.717) is 6.79 Å². The van der Waals surface area contributed by atoms with Crippen molar-refractivity contribution in [3.8, 4) is 11.5 Å². The molecule has 2 saturated heterocycles. The Morgan fingerprint density at radius 3 is 2.81 bits per heavy atom. The Bertz CT molecular complexity index is 748. The Morgan fingerprint density at radius 2 is 2.00 bits per heavy atom. The van der Waals surface area contributed by atoms with E-state index in [-0.39, 0.29) is 5.41 Å². The van der Waals surface area contributed by atoms with Gasteiger partial charge in [-0.2, -0.15) is 0 Å². The highest BCUT2D eigenvalue weighted by molar-refractivity contribution is 5.79. The van der Waals surface area contributed by atoms with E-state index in [1.807, 2.05) is 13.1 Å². The smallest absolute Gasteiger partial charge is 0.231 e. The Balaban J connectivity index is 1.31. The van der Waals surface area contributed by atoms with Crippen LogP contribution in [0.5, 0.6) is 11.5 Å². The summed E-state index contributed by atoms with van der Waals surface area (Å²) in [6.07, 6.45) is 7.14. The molecule has 0 spiro atoms. The van der Waals surface area contributed by atoms with Crippen LogP contribution >= 0.6 is 0 Å². The summed E-state index contributed by atoms with van der Waals surface area (Å²) < 4.78 is 16.8. The van der Waals surface area contributed by atoms with Crippen LogP contribution in [0.2, 0.25) is 0 Å². The molecule has 0 aliphatic carbocycles. The maximum Gasteiger partial charge on any atom is 0.231 e. The Morgan fingerprint density at radius 1 is 1.16 bits per heavy atom. The van der Waals surface area contributed by atoms with Crippen LogP contribution in [-0.2, 0) is 10.2 Å². The molecule has 0 saturated carbocycles. The molecule has 0 aromatic heterocycles. The van der Waals surface area contributed by atoms with Crippen LogP contribution in [0.4, 0.5) is 0 Å². The Hall–Kier alpha value is -1.99. The van der Waals surface area contributed by atoms with E-state index in [1.54, 1.807) is 0 Å². The molecule has 0 amide bonds. The second-order valence-electron chi connectivity index (χ2n) is 9.05. The number of benzene rings is 1. The van der Waals surface area contributed by atoms with Crippen molar-refractivity contribution in [2.45, 2.75) is 56.9 Å². The van der Waals surface area contributed by atoms with Gasteiger partial charge in [-0.15, -0.1) is 0 Å². The topological polar surface area (TPSA) is 67.4 Å². The van der Waals surface area contributed by atoms with Crippen molar-refractivity contribution in [3.05, 3.63) is 23.8 Å². The first-order valence-electron chi connectivity index (χ1n) is 11.9. The largest absolute Gasteiger partial charge is 0.454 e. The average Bonchev–Trinajstić information content (AvgIpc) is 3.28. The SMILES string of the molecule is CN=C(NCCCN1CCCCC1C)NCC1(c2ccc3c(c2)OCO3)CCOCC1. The third-order valence-corrected chi connectivity index (χ3v) is 7.11. The van der Waals surface area contributed by atoms with Gasteiger partial charge in [0.1, 0.15) is 0 Å². The summed E-state index contributed by atoms with van der Waals surface area (Å²) in [7, 11) is 1.85. The second-order valence-corrected chi connectivity index (χ2v) is 9.05. The number of hydrogen-bond donors (Lipinski definition) is 2. The Labute approximate surface area is 186 Å². The van der Waals surface area contributed by atoms with Crippen LogP contribution in [0.25, 0.3) is 0 Å². The van der Waals surface area contributed by atoms with Gasteiger partial charge in [-0.25, -0.2) is 0 Å². The highest BCUT2D eigenvalue weighted by atomic mass is 16.7. The minimum Gasteiger partial charge on any atom is -0.454 e. The summed E-state index contributed by atoms with van der Waals surface area (Å²) in [5.74, 6) is 2.55. The molecule has 31 heavy (non-hydrogen) atoms. The van der Waals surface area contributed by atoms with Crippen LogP contribution in [0.15, 0.2) is 23.2 Å². The van der Waals surface area contributed by atoms with Gasteiger partial charge in [-0.1, -0.05) is 12.5 Å². The number of nitrogens with one attached hydrogen (secondary N) is 2. The van der Waals surface area contributed by atoms with Crippen LogP contribution in [-0.4, -0.2) is 70.1 Å². The standard InChI is InChI=1S/C24H38N4O3/c1-19-6-3-4-12-28(19)13-5-11-26-23(25-2)27-17-24(9-14-29-15-10-24)20-7-8-21-22(16-20)31-18-30-21/h7-8,16,19H,3-6,9-15,17-18H2,1-2H3,(H2,25,26,27). The fourth-order valence-electron chi connectivity index (χ4n) is 5.01. The number of fused-ring (bicyclic) bond motifs is 1. The number of rotatable bonds is 7. The van der Waals surface area contributed by atoms with Gasteiger partial charge in [-0.3, -0.25) is 4.99 Å². The molecule has 3 aliphatic rings. The van der Waals surface area contributed by atoms with Crippen molar-refractivity contribution >= 4 is 5.96 Å². The first-order chi connectivity index (χ1) is 15.2. The van der Waals surface area contributed by atoms with E-state index in [9.17, 15) is 0 Å². The molecule has 1 unspecified atom stereocenters. The summed E-state index contributed by atoms with van der Waals surface area (Å²) in [6.45, 7) is 8.36. The number of guanidine groups is 1. The first-order valence-corrected chi connectivity index (χ1v) is 11.9. The van der Waals surface area contributed by atoms with E-state index in [1.165, 1.54) is 31.4 Å². The lowest BCUT2D eigenvalue weighted by atomic mass is 9.74. The summed E-state index contributed by atoms with van der Waals surface area (Å²) in [5, 5.41) is 7.10. The van der Waals surface area contributed by atoms with Crippen molar-refractivity contribution in [1.29, 1.82) is 0 Å². The van der Waals surface area contributed by atoms with Crippen molar-refractivity contribution < 1.29 is 14.2 Å². The molecule has 3 heterocycles. The Kier molecular flexibility index (Phi) is 7.56. The van der Waals surface area contributed by atoms with E-state index in [4.69, 9.17) is 14.2 Å². The number of hydrogen-bond acceptors (Lipinski definition) is 5. The van der Waals surface area contributed by atoms with Crippen LogP contribution in [0, 0.1) is 0 Å². The van der Waals surface area contributed by atoms with Crippen molar-refractivity contribution in [3.63, 3.8) is 0 Å². The summed E-state index contributed by atoms with van der Waals surface area (Å²) in [6, 6.07) is 7.08. The minimum absolute atomic E-state index is 0.0000824. The molecule has 3 aliphatic heterocycles. The zero-order chi connectivity index (χ0) is 21.5. The van der Waals surface area contributed by atoms with E-state index < -0.39 is 0 Å². The molecular formula is C24H38N4O3. The lowest BCUT2D eigenvalue weighted by molar-refractivity contribution is 0.0513. The number of aliphatic imine (C=N–C) groups is 1. The maximum atomic E-state index is 5.68. The fraction of sp³-hybridized carbons (Fsp3) is 0.708. The molecule has 4 rings (SSSR count). The average molecular weight is 431 g/mol. The molecule has 1 atom stereocenters. The normalized spacial score (nSPS) is 23.5. The van der Waals surface area contributed by atoms with Crippen molar-refractivity contribution in [2.24, 2.45) is 4.99 Å². The number of ether oxygens (including phenoxy) is 3. The van der Waals surface area contributed by atoms with Crippen LogP contribution in [0.3, 0.4) is 0 Å². The number of likely N-dealkylation sites (tertiary alicyclic amines) is 1. The fourth-order valence-corrected chi connectivity index (χ4v) is 5.01. The van der Waals surface area contributed by atoms with E-state index >= 15 is 0 Å². The monoisotopic (exact) mass is 430 g/mol. The van der Waals surface area contributed by atoms with Gasteiger partial charge in [0.2, 0.25) is 6.79 Å². The lowest BCUT2D eigenvalue weighted by Crippen LogP contribution is -2.48. The minimum atomic E-state index is 0.0000824. The van der Waals surface area contributed by atoms with Crippen molar-refractivity contribution in [2.75, 3.05) is 53.2 Å². The van der Waals surface area contributed by atoms with Gasteiger partial charge in [-0.05, 0) is 63.3 Å². The lowest BCUT2D eigenvalue weighted by Gasteiger charge is -2.38. The second kappa shape index (κ2) is 10.6. The van der Waals surface area contributed by atoms with Gasteiger partial charge < -0.3 is 29.7 Å².